The van der Waals surface area contributed by atoms with Crippen molar-refractivity contribution >= 4 is 5.78 Å². The third-order valence-electron chi connectivity index (χ3n) is 3.16. The largest absolute Gasteiger partial charge is 0.294 e. The predicted octanol–water partition coefficient (Wildman–Crippen LogP) is 3.51. The van der Waals surface area contributed by atoms with Gasteiger partial charge in [0.25, 0.3) is 0 Å². The first kappa shape index (κ1) is 11.2. The van der Waals surface area contributed by atoms with E-state index in [-0.39, 0.29) is 11.2 Å². The topological polar surface area (TPSA) is 17.1 Å². The number of hydrogen-bond acceptors (Lipinski definition) is 1. The molecule has 0 saturated heterocycles. The first-order valence-corrected chi connectivity index (χ1v) is 5.29. The molecule has 1 aliphatic rings. The molecule has 0 aliphatic heterocycles. The molecule has 0 saturated carbocycles. The number of carbonyl (C=O) groups excluding carboxylic acids is 1. The smallest absolute Gasteiger partial charge is 0.161 e. The van der Waals surface area contributed by atoms with Crippen LogP contribution in [0, 0.1) is 11.3 Å². The van der Waals surface area contributed by atoms with E-state index in [1.807, 2.05) is 6.08 Å². The molecule has 0 spiro atoms. The van der Waals surface area contributed by atoms with Crippen LogP contribution in [0.25, 0.3) is 0 Å². The van der Waals surface area contributed by atoms with E-state index < -0.39 is 0 Å². The van der Waals surface area contributed by atoms with Gasteiger partial charge >= 0.3 is 0 Å². The molecule has 14 heavy (non-hydrogen) atoms. The van der Waals surface area contributed by atoms with Crippen molar-refractivity contribution in [2.24, 2.45) is 11.3 Å². The van der Waals surface area contributed by atoms with Crippen LogP contribution < -0.4 is 0 Å². The van der Waals surface area contributed by atoms with Crippen molar-refractivity contribution in [3.8, 4) is 0 Å². The highest BCUT2D eigenvalue weighted by Gasteiger charge is 2.35. The molecule has 0 aromatic carbocycles. The van der Waals surface area contributed by atoms with Gasteiger partial charge in [0, 0.05) is 5.41 Å². The van der Waals surface area contributed by atoms with Crippen LogP contribution in [0.3, 0.4) is 0 Å². The maximum absolute atomic E-state index is 11.7. The molecule has 0 heterocycles. The molecule has 0 unspecified atom stereocenters. The van der Waals surface area contributed by atoms with Crippen LogP contribution in [0.1, 0.15) is 40.5 Å². The number of carbonyl (C=O) groups is 1. The SMILES string of the molecule is CC(C)=CC[C@H]1CC=CC(=O)C1(C)C. The van der Waals surface area contributed by atoms with Gasteiger partial charge in [0.2, 0.25) is 0 Å². The molecule has 0 fully saturated rings. The molecule has 1 rings (SSSR count). The summed E-state index contributed by atoms with van der Waals surface area (Å²) in [7, 11) is 0. The Morgan fingerprint density at radius 2 is 2.21 bits per heavy atom. The number of hydrogen-bond donors (Lipinski definition) is 0. The van der Waals surface area contributed by atoms with Crippen molar-refractivity contribution in [2.75, 3.05) is 0 Å². The monoisotopic (exact) mass is 192 g/mol. The second-order valence-electron chi connectivity index (χ2n) is 4.94. The first-order valence-electron chi connectivity index (χ1n) is 5.29. The summed E-state index contributed by atoms with van der Waals surface area (Å²) in [6.45, 7) is 8.33. The Morgan fingerprint density at radius 1 is 1.57 bits per heavy atom. The molecule has 1 aliphatic carbocycles. The third kappa shape index (κ3) is 2.34. The van der Waals surface area contributed by atoms with Gasteiger partial charge < -0.3 is 0 Å². The summed E-state index contributed by atoms with van der Waals surface area (Å²) in [6, 6.07) is 0. The van der Waals surface area contributed by atoms with E-state index in [4.69, 9.17) is 0 Å². The Hall–Kier alpha value is -0.850. The molecule has 0 amide bonds. The van der Waals surface area contributed by atoms with Gasteiger partial charge in [0.1, 0.15) is 0 Å². The van der Waals surface area contributed by atoms with Crippen molar-refractivity contribution in [3.05, 3.63) is 23.8 Å². The van der Waals surface area contributed by atoms with Gasteiger partial charge in [-0.25, -0.2) is 0 Å². The lowest BCUT2D eigenvalue weighted by atomic mass is 9.69. The molecule has 0 bridgehead atoms. The second kappa shape index (κ2) is 4.12. The van der Waals surface area contributed by atoms with Gasteiger partial charge in [-0.15, -0.1) is 0 Å². The van der Waals surface area contributed by atoms with E-state index in [1.54, 1.807) is 6.08 Å². The lowest BCUT2D eigenvalue weighted by Crippen LogP contribution is -2.33. The van der Waals surface area contributed by atoms with Crippen molar-refractivity contribution in [1.29, 1.82) is 0 Å². The Kier molecular flexibility index (Phi) is 3.30. The van der Waals surface area contributed by atoms with Crippen LogP contribution in [-0.4, -0.2) is 5.78 Å². The molecule has 1 nitrogen and oxygen atoms in total. The van der Waals surface area contributed by atoms with Gasteiger partial charge in [0.15, 0.2) is 5.78 Å². The molecule has 0 radical (unpaired) electrons. The van der Waals surface area contributed by atoms with Crippen molar-refractivity contribution in [3.63, 3.8) is 0 Å². The Bertz CT molecular complexity index is 278. The fourth-order valence-electron chi connectivity index (χ4n) is 1.82. The average Bonchev–Trinajstić information content (AvgIpc) is 2.07. The zero-order valence-corrected chi connectivity index (χ0v) is 9.63. The van der Waals surface area contributed by atoms with Crippen LogP contribution in [0.4, 0.5) is 0 Å². The van der Waals surface area contributed by atoms with E-state index in [2.05, 4.69) is 33.8 Å². The summed E-state index contributed by atoms with van der Waals surface area (Å²) in [5.74, 6) is 0.741. The highest BCUT2D eigenvalue weighted by molar-refractivity contribution is 5.95. The quantitative estimate of drug-likeness (QED) is 0.612. The van der Waals surface area contributed by atoms with E-state index >= 15 is 0 Å². The minimum absolute atomic E-state index is 0.180. The van der Waals surface area contributed by atoms with Crippen LogP contribution >= 0.6 is 0 Å². The van der Waals surface area contributed by atoms with Crippen LogP contribution in [-0.2, 0) is 4.79 Å². The van der Waals surface area contributed by atoms with Crippen LogP contribution in [0.15, 0.2) is 23.8 Å². The van der Waals surface area contributed by atoms with E-state index in [1.165, 1.54) is 5.57 Å². The van der Waals surface area contributed by atoms with Crippen LogP contribution in [0.2, 0.25) is 0 Å². The molecule has 1 atom stereocenters. The van der Waals surface area contributed by atoms with Crippen molar-refractivity contribution < 1.29 is 4.79 Å². The normalized spacial score (nSPS) is 24.9. The number of rotatable bonds is 2. The molecule has 0 aromatic rings. The van der Waals surface area contributed by atoms with Crippen molar-refractivity contribution in [2.45, 2.75) is 40.5 Å². The first-order chi connectivity index (χ1) is 6.44. The van der Waals surface area contributed by atoms with Crippen LogP contribution in [0.5, 0.6) is 0 Å². The Morgan fingerprint density at radius 3 is 2.79 bits per heavy atom. The fraction of sp³-hybridized carbons (Fsp3) is 0.615. The van der Waals surface area contributed by atoms with Gasteiger partial charge in [-0.2, -0.15) is 0 Å². The lowest BCUT2D eigenvalue weighted by Gasteiger charge is -2.33. The summed E-state index contributed by atoms with van der Waals surface area (Å²) >= 11 is 0. The average molecular weight is 192 g/mol. The van der Waals surface area contributed by atoms with Gasteiger partial charge in [-0.1, -0.05) is 31.6 Å². The maximum Gasteiger partial charge on any atom is 0.161 e. The van der Waals surface area contributed by atoms with Gasteiger partial charge in [0.05, 0.1) is 0 Å². The third-order valence-corrected chi connectivity index (χ3v) is 3.16. The standard InChI is InChI=1S/C13H20O/c1-10(2)8-9-11-6-5-7-12(14)13(11,3)4/h5,7-8,11H,6,9H2,1-4H3/t11-/m1/s1. The number of allylic oxidation sites excluding steroid dienone is 4. The lowest BCUT2D eigenvalue weighted by molar-refractivity contribution is -0.125. The second-order valence-corrected chi connectivity index (χ2v) is 4.94. The summed E-state index contributed by atoms with van der Waals surface area (Å²) in [6.07, 6.45) is 8.03. The zero-order chi connectivity index (χ0) is 10.8. The molecular formula is C13H20O. The molecule has 1 heteroatoms. The highest BCUT2D eigenvalue weighted by Crippen LogP contribution is 2.37. The van der Waals surface area contributed by atoms with E-state index in [0.29, 0.717) is 5.92 Å². The summed E-state index contributed by atoms with van der Waals surface area (Å²) in [5, 5.41) is 0. The van der Waals surface area contributed by atoms with Gasteiger partial charge in [-0.05, 0) is 38.7 Å². The minimum Gasteiger partial charge on any atom is -0.294 e. The minimum atomic E-state index is -0.180. The Labute approximate surface area is 86.9 Å². The summed E-state index contributed by atoms with van der Waals surface area (Å²) in [5.41, 5.74) is 1.16. The fourth-order valence-corrected chi connectivity index (χ4v) is 1.82. The molecule has 0 N–H and O–H groups in total. The van der Waals surface area contributed by atoms with E-state index in [9.17, 15) is 4.79 Å². The van der Waals surface area contributed by atoms with E-state index in [0.717, 1.165) is 12.8 Å². The Balaban J connectivity index is 2.75. The van der Waals surface area contributed by atoms with Crippen molar-refractivity contribution in [1.82, 2.24) is 0 Å². The highest BCUT2D eigenvalue weighted by atomic mass is 16.1. The van der Waals surface area contributed by atoms with Gasteiger partial charge in [-0.3, -0.25) is 4.79 Å². The molecule has 78 valence electrons. The molecular weight excluding hydrogens is 172 g/mol. The molecule has 0 aromatic heterocycles. The number of ketones is 1. The maximum atomic E-state index is 11.7. The zero-order valence-electron chi connectivity index (χ0n) is 9.63. The predicted molar refractivity (Wildman–Crippen MR) is 60.1 cm³/mol. The summed E-state index contributed by atoms with van der Waals surface area (Å²) in [4.78, 5) is 11.7. The summed E-state index contributed by atoms with van der Waals surface area (Å²) < 4.78 is 0.